The number of nitrogens with one attached hydrogen (secondary N) is 1. The summed E-state index contributed by atoms with van der Waals surface area (Å²) < 4.78 is 13.1. The van der Waals surface area contributed by atoms with E-state index in [4.69, 9.17) is 11.6 Å². The van der Waals surface area contributed by atoms with Crippen LogP contribution < -0.4 is 5.32 Å². The zero-order valence-electron chi connectivity index (χ0n) is 11.4. The average Bonchev–Trinajstić information content (AvgIpc) is 2.39. The molecule has 2 aromatic rings. The van der Waals surface area contributed by atoms with Crippen LogP contribution in [0.5, 0.6) is 0 Å². The molecule has 1 fully saturated rings. The van der Waals surface area contributed by atoms with Gasteiger partial charge in [-0.15, -0.1) is 0 Å². The van der Waals surface area contributed by atoms with Gasteiger partial charge in [0, 0.05) is 10.7 Å². The first kappa shape index (κ1) is 14.1. The molecule has 0 unspecified atom stereocenters. The molecule has 0 saturated heterocycles. The SMILES string of the molecule is O=C(Nc1cccc(Cl)c1)C1(c2ccc(F)cc2)CCC1. The van der Waals surface area contributed by atoms with E-state index >= 15 is 0 Å². The van der Waals surface area contributed by atoms with E-state index < -0.39 is 5.41 Å². The van der Waals surface area contributed by atoms with Crippen molar-refractivity contribution < 1.29 is 9.18 Å². The van der Waals surface area contributed by atoms with Gasteiger partial charge in [0.2, 0.25) is 5.91 Å². The highest BCUT2D eigenvalue weighted by Crippen LogP contribution is 2.44. The maximum atomic E-state index is 13.1. The molecule has 0 radical (unpaired) electrons. The van der Waals surface area contributed by atoms with E-state index in [0.29, 0.717) is 10.7 Å². The van der Waals surface area contributed by atoms with E-state index in [1.807, 2.05) is 0 Å². The molecule has 1 aliphatic carbocycles. The summed E-state index contributed by atoms with van der Waals surface area (Å²) in [5.41, 5.74) is 1.01. The maximum absolute atomic E-state index is 13.1. The molecule has 0 aromatic heterocycles. The second-order valence-electron chi connectivity index (χ2n) is 5.41. The van der Waals surface area contributed by atoms with E-state index in [0.717, 1.165) is 24.8 Å². The Kier molecular flexibility index (Phi) is 3.68. The first-order chi connectivity index (χ1) is 10.1. The van der Waals surface area contributed by atoms with E-state index in [1.54, 1.807) is 36.4 Å². The monoisotopic (exact) mass is 303 g/mol. The van der Waals surface area contributed by atoms with Crippen molar-refractivity contribution in [1.29, 1.82) is 0 Å². The molecule has 1 aliphatic rings. The Balaban J connectivity index is 1.85. The summed E-state index contributed by atoms with van der Waals surface area (Å²) in [6.45, 7) is 0. The largest absolute Gasteiger partial charge is 0.325 e. The lowest BCUT2D eigenvalue weighted by molar-refractivity contribution is -0.124. The van der Waals surface area contributed by atoms with Gasteiger partial charge in [-0.05, 0) is 48.7 Å². The smallest absolute Gasteiger partial charge is 0.235 e. The van der Waals surface area contributed by atoms with E-state index in [1.165, 1.54) is 12.1 Å². The number of carbonyl (C=O) groups is 1. The predicted octanol–water partition coefficient (Wildman–Crippen LogP) is 4.54. The van der Waals surface area contributed by atoms with Crippen LogP contribution >= 0.6 is 11.6 Å². The Morgan fingerprint density at radius 1 is 1.14 bits per heavy atom. The van der Waals surface area contributed by atoms with Crippen molar-refractivity contribution >= 4 is 23.2 Å². The number of hydrogen-bond acceptors (Lipinski definition) is 1. The van der Waals surface area contributed by atoms with Gasteiger partial charge >= 0.3 is 0 Å². The number of benzene rings is 2. The Hall–Kier alpha value is -1.87. The van der Waals surface area contributed by atoms with E-state index in [2.05, 4.69) is 5.32 Å². The zero-order chi connectivity index (χ0) is 14.9. The molecule has 0 atom stereocenters. The summed E-state index contributed by atoms with van der Waals surface area (Å²) in [5.74, 6) is -0.342. The third-order valence-electron chi connectivity index (χ3n) is 4.12. The van der Waals surface area contributed by atoms with Gasteiger partial charge in [-0.1, -0.05) is 36.2 Å². The standard InChI is InChI=1S/C17H15ClFNO/c18-13-3-1-4-15(11-13)20-16(21)17(9-2-10-17)12-5-7-14(19)8-6-12/h1,3-8,11H,2,9-10H2,(H,20,21). The Labute approximate surface area is 127 Å². The highest BCUT2D eigenvalue weighted by molar-refractivity contribution is 6.30. The molecule has 0 spiro atoms. The lowest BCUT2D eigenvalue weighted by atomic mass is 9.64. The molecule has 1 amide bonds. The van der Waals surface area contributed by atoms with E-state index in [9.17, 15) is 9.18 Å². The van der Waals surface area contributed by atoms with Crippen LogP contribution in [0, 0.1) is 5.82 Å². The van der Waals surface area contributed by atoms with Crippen molar-refractivity contribution in [3.63, 3.8) is 0 Å². The van der Waals surface area contributed by atoms with Gasteiger partial charge in [0.05, 0.1) is 5.41 Å². The first-order valence-corrected chi connectivity index (χ1v) is 7.31. The van der Waals surface area contributed by atoms with Gasteiger partial charge in [-0.25, -0.2) is 4.39 Å². The van der Waals surface area contributed by atoms with Crippen molar-refractivity contribution in [2.75, 3.05) is 5.32 Å². The minimum atomic E-state index is -0.546. The lowest BCUT2D eigenvalue weighted by Crippen LogP contribution is -2.46. The van der Waals surface area contributed by atoms with Crippen LogP contribution in [0.1, 0.15) is 24.8 Å². The topological polar surface area (TPSA) is 29.1 Å². The number of carbonyl (C=O) groups excluding carboxylic acids is 1. The maximum Gasteiger partial charge on any atom is 0.235 e. The molecule has 4 heteroatoms. The molecule has 2 nitrogen and oxygen atoms in total. The van der Waals surface area contributed by atoms with Crippen LogP contribution in [0.3, 0.4) is 0 Å². The summed E-state index contributed by atoms with van der Waals surface area (Å²) in [6, 6.07) is 13.3. The Morgan fingerprint density at radius 2 is 1.86 bits per heavy atom. The fraction of sp³-hybridized carbons (Fsp3) is 0.235. The fourth-order valence-corrected chi connectivity index (χ4v) is 2.95. The number of rotatable bonds is 3. The molecule has 0 aliphatic heterocycles. The summed E-state index contributed by atoms with van der Waals surface area (Å²) >= 11 is 5.93. The van der Waals surface area contributed by atoms with Crippen LogP contribution in [-0.2, 0) is 10.2 Å². The molecule has 0 bridgehead atoms. The van der Waals surface area contributed by atoms with Crippen LogP contribution in [0.15, 0.2) is 48.5 Å². The predicted molar refractivity (Wildman–Crippen MR) is 82.0 cm³/mol. The molecular weight excluding hydrogens is 289 g/mol. The average molecular weight is 304 g/mol. The Morgan fingerprint density at radius 3 is 2.43 bits per heavy atom. The molecule has 2 aromatic carbocycles. The molecule has 0 heterocycles. The Bertz CT molecular complexity index is 665. The highest BCUT2D eigenvalue weighted by atomic mass is 35.5. The van der Waals surface area contributed by atoms with Crippen molar-refractivity contribution in [1.82, 2.24) is 0 Å². The lowest BCUT2D eigenvalue weighted by Gasteiger charge is -2.40. The van der Waals surface area contributed by atoms with Crippen molar-refractivity contribution in [2.24, 2.45) is 0 Å². The number of hydrogen-bond donors (Lipinski definition) is 1. The quantitative estimate of drug-likeness (QED) is 0.886. The van der Waals surface area contributed by atoms with Gasteiger partial charge < -0.3 is 5.32 Å². The molecule has 3 rings (SSSR count). The molecular formula is C17H15ClFNO. The number of anilines is 1. The summed E-state index contributed by atoms with van der Waals surface area (Å²) in [7, 11) is 0. The van der Waals surface area contributed by atoms with Crippen LogP contribution in [0.25, 0.3) is 0 Å². The van der Waals surface area contributed by atoms with Gasteiger partial charge in [0.15, 0.2) is 0 Å². The summed E-state index contributed by atoms with van der Waals surface area (Å²) in [5, 5.41) is 3.50. The number of halogens is 2. The van der Waals surface area contributed by atoms with Crippen molar-refractivity contribution in [3.8, 4) is 0 Å². The van der Waals surface area contributed by atoms with Crippen LogP contribution in [-0.4, -0.2) is 5.91 Å². The molecule has 21 heavy (non-hydrogen) atoms. The molecule has 108 valence electrons. The van der Waals surface area contributed by atoms with Crippen molar-refractivity contribution in [2.45, 2.75) is 24.7 Å². The fourth-order valence-electron chi connectivity index (χ4n) is 2.76. The van der Waals surface area contributed by atoms with Gasteiger partial charge in [-0.3, -0.25) is 4.79 Å². The minimum Gasteiger partial charge on any atom is -0.325 e. The first-order valence-electron chi connectivity index (χ1n) is 6.93. The third kappa shape index (κ3) is 2.66. The van der Waals surface area contributed by atoms with Gasteiger partial charge in [0.1, 0.15) is 5.82 Å². The van der Waals surface area contributed by atoms with Gasteiger partial charge in [-0.2, -0.15) is 0 Å². The molecule has 1 saturated carbocycles. The highest BCUT2D eigenvalue weighted by Gasteiger charge is 2.45. The van der Waals surface area contributed by atoms with E-state index in [-0.39, 0.29) is 11.7 Å². The zero-order valence-corrected chi connectivity index (χ0v) is 12.2. The summed E-state index contributed by atoms with van der Waals surface area (Å²) in [4.78, 5) is 12.7. The third-order valence-corrected chi connectivity index (χ3v) is 4.36. The second-order valence-corrected chi connectivity index (χ2v) is 5.84. The minimum absolute atomic E-state index is 0.0531. The van der Waals surface area contributed by atoms with Crippen LogP contribution in [0.4, 0.5) is 10.1 Å². The second kappa shape index (κ2) is 5.49. The van der Waals surface area contributed by atoms with Crippen LogP contribution in [0.2, 0.25) is 5.02 Å². The summed E-state index contributed by atoms with van der Waals surface area (Å²) in [6.07, 6.45) is 2.57. The molecule has 1 N–H and O–H groups in total. The van der Waals surface area contributed by atoms with Gasteiger partial charge in [0.25, 0.3) is 0 Å². The van der Waals surface area contributed by atoms with Crippen molar-refractivity contribution in [3.05, 3.63) is 64.9 Å². The normalized spacial score (nSPS) is 16.1. The number of amides is 1.